The molecule has 0 saturated carbocycles. The summed E-state index contributed by atoms with van der Waals surface area (Å²) in [5.41, 5.74) is 0.920. The third-order valence-corrected chi connectivity index (χ3v) is 2.57. The van der Waals surface area contributed by atoms with Crippen LogP contribution in [0.4, 0.5) is 0 Å². The zero-order valence-corrected chi connectivity index (χ0v) is 9.33. The molecule has 0 unspecified atom stereocenters. The third kappa shape index (κ3) is 1.81. The predicted molar refractivity (Wildman–Crippen MR) is 61.7 cm³/mol. The number of phenolic OH excluding ortho intramolecular Hbond substituents is 1. The quantitative estimate of drug-likeness (QED) is 0.730. The van der Waals surface area contributed by atoms with E-state index in [1.807, 2.05) is 12.1 Å². The summed E-state index contributed by atoms with van der Waals surface area (Å²) >= 11 is 0. The molecule has 2 aromatic heterocycles. The first-order valence-electron chi connectivity index (χ1n) is 5.32. The first kappa shape index (κ1) is 10.5. The monoisotopic (exact) mass is 242 g/mol. The molecule has 7 heteroatoms. The smallest absolute Gasteiger partial charge is 0.172 e. The van der Waals surface area contributed by atoms with Crippen LogP contribution in [0.2, 0.25) is 0 Å². The Morgan fingerprint density at radius 1 is 0.889 bits per heavy atom. The van der Waals surface area contributed by atoms with Gasteiger partial charge in [-0.25, -0.2) is 19.3 Å². The second-order valence-corrected chi connectivity index (χ2v) is 3.72. The summed E-state index contributed by atoms with van der Waals surface area (Å²) in [7, 11) is 0. The first-order chi connectivity index (χ1) is 8.84. The summed E-state index contributed by atoms with van der Waals surface area (Å²) in [6.07, 6.45) is 5.88. The number of nitrogens with zero attached hydrogens (tertiary/aromatic N) is 6. The Morgan fingerprint density at radius 2 is 1.44 bits per heavy atom. The van der Waals surface area contributed by atoms with Crippen molar-refractivity contribution in [3.63, 3.8) is 0 Å². The van der Waals surface area contributed by atoms with Crippen molar-refractivity contribution in [2.45, 2.75) is 6.17 Å². The summed E-state index contributed by atoms with van der Waals surface area (Å²) in [5.74, 6) is 0.217. The topological polar surface area (TPSA) is 81.6 Å². The van der Waals surface area contributed by atoms with Gasteiger partial charge in [0.15, 0.2) is 6.17 Å². The van der Waals surface area contributed by atoms with Gasteiger partial charge in [-0.1, -0.05) is 12.1 Å². The fraction of sp³-hybridized carbons (Fsp3) is 0.0909. The van der Waals surface area contributed by atoms with Gasteiger partial charge in [0, 0.05) is 0 Å². The number of rotatable bonds is 3. The lowest BCUT2D eigenvalue weighted by molar-refractivity contribution is 0.415. The molecule has 7 nitrogen and oxygen atoms in total. The third-order valence-electron chi connectivity index (χ3n) is 2.57. The fourth-order valence-electron chi connectivity index (χ4n) is 1.76. The molecule has 0 bridgehead atoms. The highest BCUT2D eigenvalue weighted by Gasteiger charge is 2.16. The molecule has 0 aliphatic carbocycles. The van der Waals surface area contributed by atoms with Crippen molar-refractivity contribution in [3.05, 3.63) is 55.1 Å². The van der Waals surface area contributed by atoms with Gasteiger partial charge in [-0.2, -0.15) is 10.2 Å². The number of phenols is 1. The Hall–Kier alpha value is -2.70. The van der Waals surface area contributed by atoms with Gasteiger partial charge in [0.2, 0.25) is 0 Å². The molecular formula is C11H10N6O. The second-order valence-electron chi connectivity index (χ2n) is 3.72. The minimum Gasteiger partial charge on any atom is -0.508 e. The van der Waals surface area contributed by atoms with Crippen LogP contribution >= 0.6 is 0 Å². The molecule has 0 aliphatic rings. The largest absolute Gasteiger partial charge is 0.508 e. The Kier molecular flexibility index (Phi) is 2.49. The summed E-state index contributed by atoms with van der Waals surface area (Å²) < 4.78 is 3.34. The zero-order chi connectivity index (χ0) is 12.4. The number of hydrogen-bond donors (Lipinski definition) is 1. The van der Waals surface area contributed by atoms with Crippen LogP contribution in [-0.2, 0) is 0 Å². The van der Waals surface area contributed by atoms with Crippen LogP contribution in [0.3, 0.4) is 0 Å². The average molecular weight is 242 g/mol. The second kappa shape index (κ2) is 4.28. The molecular weight excluding hydrogens is 232 g/mol. The Morgan fingerprint density at radius 3 is 1.89 bits per heavy atom. The highest BCUT2D eigenvalue weighted by molar-refractivity contribution is 5.28. The normalized spacial score (nSPS) is 10.9. The Balaban J connectivity index is 2.08. The highest BCUT2D eigenvalue weighted by atomic mass is 16.3. The standard InChI is InChI=1S/C11H10N6O/c18-10-3-1-9(2-4-10)11(16-7-12-5-14-16)17-8-13-6-15-17/h1-8,11,18H. The van der Waals surface area contributed by atoms with Crippen LogP contribution in [-0.4, -0.2) is 34.6 Å². The van der Waals surface area contributed by atoms with Gasteiger partial charge in [0.25, 0.3) is 0 Å². The molecule has 0 atom stereocenters. The van der Waals surface area contributed by atoms with Crippen LogP contribution in [0.5, 0.6) is 5.75 Å². The number of aromatic hydroxyl groups is 1. The lowest BCUT2D eigenvalue weighted by Gasteiger charge is -2.17. The van der Waals surface area contributed by atoms with Gasteiger partial charge >= 0.3 is 0 Å². The van der Waals surface area contributed by atoms with E-state index in [-0.39, 0.29) is 11.9 Å². The molecule has 0 aliphatic heterocycles. The van der Waals surface area contributed by atoms with E-state index >= 15 is 0 Å². The maximum absolute atomic E-state index is 9.33. The van der Waals surface area contributed by atoms with E-state index in [2.05, 4.69) is 20.2 Å². The van der Waals surface area contributed by atoms with E-state index in [1.54, 1.807) is 34.2 Å². The molecule has 0 saturated heterocycles. The van der Waals surface area contributed by atoms with Crippen LogP contribution < -0.4 is 0 Å². The van der Waals surface area contributed by atoms with Crippen molar-refractivity contribution in [1.82, 2.24) is 29.5 Å². The van der Waals surface area contributed by atoms with E-state index in [1.165, 1.54) is 12.7 Å². The lowest BCUT2D eigenvalue weighted by atomic mass is 10.1. The molecule has 1 N–H and O–H groups in total. The van der Waals surface area contributed by atoms with Crippen LogP contribution in [0.25, 0.3) is 0 Å². The minimum absolute atomic E-state index is 0.217. The number of aromatic nitrogens is 6. The van der Waals surface area contributed by atoms with E-state index in [4.69, 9.17) is 0 Å². The summed E-state index contributed by atoms with van der Waals surface area (Å²) in [5, 5.41) is 17.6. The van der Waals surface area contributed by atoms with E-state index in [9.17, 15) is 5.11 Å². The fourth-order valence-corrected chi connectivity index (χ4v) is 1.76. The van der Waals surface area contributed by atoms with Crippen molar-refractivity contribution < 1.29 is 5.11 Å². The Bertz CT molecular complexity index is 567. The SMILES string of the molecule is Oc1ccc(C(n2cncn2)n2cncn2)cc1. The van der Waals surface area contributed by atoms with Crippen molar-refractivity contribution >= 4 is 0 Å². The number of hydrogen-bond acceptors (Lipinski definition) is 5. The van der Waals surface area contributed by atoms with Gasteiger partial charge in [0.1, 0.15) is 31.1 Å². The molecule has 0 spiro atoms. The molecule has 0 amide bonds. The van der Waals surface area contributed by atoms with Crippen molar-refractivity contribution in [2.24, 2.45) is 0 Å². The number of benzene rings is 1. The van der Waals surface area contributed by atoms with Crippen molar-refractivity contribution in [3.8, 4) is 5.75 Å². The average Bonchev–Trinajstić information content (AvgIpc) is 3.06. The molecule has 0 radical (unpaired) electrons. The van der Waals surface area contributed by atoms with Crippen LogP contribution in [0.15, 0.2) is 49.6 Å². The van der Waals surface area contributed by atoms with E-state index < -0.39 is 0 Å². The molecule has 3 aromatic rings. The van der Waals surface area contributed by atoms with Crippen molar-refractivity contribution in [2.75, 3.05) is 0 Å². The van der Waals surface area contributed by atoms with Crippen LogP contribution in [0, 0.1) is 0 Å². The van der Waals surface area contributed by atoms with Gasteiger partial charge in [0.05, 0.1) is 0 Å². The molecule has 0 fully saturated rings. The van der Waals surface area contributed by atoms with E-state index in [0.29, 0.717) is 0 Å². The van der Waals surface area contributed by atoms with Gasteiger partial charge < -0.3 is 5.11 Å². The summed E-state index contributed by atoms with van der Waals surface area (Å²) in [6.45, 7) is 0. The lowest BCUT2D eigenvalue weighted by Crippen LogP contribution is -2.20. The van der Waals surface area contributed by atoms with Gasteiger partial charge in [-0.15, -0.1) is 0 Å². The first-order valence-corrected chi connectivity index (χ1v) is 5.32. The molecule has 1 aromatic carbocycles. The predicted octanol–water partition coefficient (Wildman–Crippen LogP) is 0.670. The van der Waals surface area contributed by atoms with E-state index in [0.717, 1.165) is 5.56 Å². The molecule has 18 heavy (non-hydrogen) atoms. The van der Waals surface area contributed by atoms with Crippen molar-refractivity contribution in [1.29, 1.82) is 0 Å². The Labute approximate surface area is 102 Å². The molecule has 3 rings (SSSR count). The summed E-state index contributed by atoms with van der Waals surface area (Å²) in [6, 6.07) is 6.86. The maximum Gasteiger partial charge on any atom is 0.172 e. The summed E-state index contributed by atoms with van der Waals surface area (Å²) in [4.78, 5) is 7.87. The molecule has 90 valence electrons. The van der Waals surface area contributed by atoms with Gasteiger partial charge in [-0.05, 0) is 17.7 Å². The minimum atomic E-state index is -0.268. The highest BCUT2D eigenvalue weighted by Crippen LogP contribution is 2.20. The zero-order valence-electron chi connectivity index (χ0n) is 9.33. The maximum atomic E-state index is 9.33. The van der Waals surface area contributed by atoms with Crippen LogP contribution in [0.1, 0.15) is 11.7 Å². The van der Waals surface area contributed by atoms with Gasteiger partial charge in [-0.3, -0.25) is 0 Å². The molecule has 2 heterocycles.